The fraction of sp³-hybridized carbons (Fsp3) is 0.250. The Labute approximate surface area is 169 Å². The molecule has 0 fully saturated rings. The zero-order valence-electron chi connectivity index (χ0n) is 16.5. The summed E-state index contributed by atoms with van der Waals surface area (Å²) in [4.78, 5) is 23.5. The molecule has 0 aliphatic carbocycles. The van der Waals surface area contributed by atoms with E-state index >= 15 is 0 Å². The van der Waals surface area contributed by atoms with Gasteiger partial charge in [-0.05, 0) is 42.2 Å². The lowest BCUT2D eigenvalue weighted by molar-refractivity contribution is -0.144. The summed E-state index contributed by atoms with van der Waals surface area (Å²) in [7, 11) is 0. The number of carbonyl (C=O) groups excluding carboxylic acids is 1. The van der Waals surface area contributed by atoms with Crippen molar-refractivity contribution in [3.8, 4) is 16.9 Å². The van der Waals surface area contributed by atoms with Gasteiger partial charge in [0, 0.05) is 17.5 Å². The van der Waals surface area contributed by atoms with Gasteiger partial charge < -0.3 is 13.9 Å². The van der Waals surface area contributed by atoms with E-state index in [1.165, 1.54) is 24.8 Å². The van der Waals surface area contributed by atoms with Gasteiger partial charge in [-0.25, -0.2) is 9.59 Å². The molecule has 5 nitrogen and oxygen atoms in total. The van der Waals surface area contributed by atoms with E-state index in [9.17, 15) is 9.59 Å². The predicted octanol–water partition coefficient (Wildman–Crippen LogP) is 5.26. The Balaban J connectivity index is 1.77. The second-order valence-corrected chi connectivity index (χ2v) is 6.73. The first kappa shape index (κ1) is 20.4. The fourth-order valence-corrected chi connectivity index (χ4v) is 3.03. The third-order valence-electron chi connectivity index (χ3n) is 4.63. The molecule has 3 rings (SSSR count). The first-order chi connectivity index (χ1) is 14.1. The smallest absolute Gasteiger partial charge is 0.344 e. The van der Waals surface area contributed by atoms with Crippen LogP contribution in [-0.2, 0) is 16.0 Å². The summed E-state index contributed by atoms with van der Waals surface area (Å²) in [5.74, 6) is -0.139. The molecule has 3 aromatic rings. The fourth-order valence-electron chi connectivity index (χ4n) is 3.03. The Kier molecular flexibility index (Phi) is 6.85. The van der Waals surface area contributed by atoms with Crippen molar-refractivity contribution in [2.75, 3.05) is 6.79 Å². The molecule has 0 amide bonds. The quantitative estimate of drug-likeness (QED) is 0.163. The van der Waals surface area contributed by atoms with E-state index in [-0.39, 0.29) is 6.79 Å². The highest BCUT2D eigenvalue weighted by Crippen LogP contribution is 2.25. The summed E-state index contributed by atoms with van der Waals surface area (Å²) in [5.41, 5.74) is 2.61. The number of rotatable bonds is 9. The van der Waals surface area contributed by atoms with Crippen LogP contribution in [0, 0.1) is 0 Å². The number of esters is 1. The van der Waals surface area contributed by atoms with Crippen molar-refractivity contribution in [1.29, 1.82) is 0 Å². The maximum atomic E-state index is 12.5. The predicted molar refractivity (Wildman–Crippen MR) is 113 cm³/mol. The van der Waals surface area contributed by atoms with E-state index in [4.69, 9.17) is 13.9 Å². The summed E-state index contributed by atoms with van der Waals surface area (Å²) >= 11 is 0. The summed E-state index contributed by atoms with van der Waals surface area (Å²) in [6, 6.07) is 15.0. The largest absolute Gasteiger partial charge is 0.457 e. The van der Waals surface area contributed by atoms with E-state index in [0.717, 1.165) is 23.4 Å². The van der Waals surface area contributed by atoms with Crippen LogP contribution in [0.4, 0.5) is 0 Å². The van der Waals surface area contributed by atoms with Gasteiger partial charge in [-0.3, -0.25) is 0 Å². The van der Waals surface area contributed by atoms with Gasteiger partial charge in [0.15, 0.2) is 0 Å². The minimum Gasteiger partial charge on any atom is -0.457 e. The average molecular weight is 392 g/mol. The van der Waals surface area contributed by atoms with E-state index in [1.54, 1.807) is 18.2 Å². The number of aryl methyl sites for hydroxylation is 1. The Hall–Kier alpha value is -3.34. The molecule has 0 aliphatic rings. The summed E-state index contributed by atoms with van der Waals surface area (Å²) in [5, 5.41) is 0.780. The second kappa shape index (κ2) is 9.73. The van der Waals surface area contributed by atoms with Crippen molar-refractivity contribution in [2.45, 2.75) is 32.6 Å². The van der Waals surface area contributed by atoms with Crippen LogP contribution < -0.4 is 10.4 Å². The molecule has 0 saturated heterocycles. The number of fused-ring (bicyclic) bond motifs is 1. The van der Waals surface area contributed by atoms with Crippen molar-refractivity contribution in [3.63, 3.8) is 0 Å². The van der Waals surface area contributed by atoms with Gasteiger partial charge in [-0.2, -0.15) is 0 Å². The highest BCUT2D eigenvalue weighted by atomic mass is 16.7. The van der Waals surface area contributed by atoms with Crippen molar-refractivity contribution in [1.82, 2.24) is 0 Å². The van der Waals surface area contributed by atoms with Gasteiger partial charge in [0.25, 0.3) is 0 Å². The Bertz CT molecular complexity index is 1050. The zero-order chi connectivity index (χ0) is 20.6. The normalized spacial score (nSPS) is 10.7. The summed E-state index contributed by atoms with van der Waals surface area (Å²) in [6.07, 6.45) is 5.69. The molecule has 0 unspecified atom stereocenters. The average Bonchev–Trinajstić information content (AvgIpc) is 2.74. The molecular formula is C24H24O5. The van der Waals surface area contributed by atoms with Crippen LogP contribution in [0.5, 0.6) is 5.75 Å². The zero-order valence-corrected chi connectivity index (χ0v) is 16.5. The van der Waals surface area contributed by atoms with Crippen LogP contribution in [-0.4, -0.2) is 12.8 Å². The number of carbonyl (C=O) groups is 1. The SMILES string of the molecule is C=CC(=O)OCOc1ccc2cc(-c3ccc(CCCCC)cc3)c(=O)oc2c1. The Morgan fingerprint density at radius 2 is 1.90 bits per heavy atom. The van der Waals surface area contributed by atoms with Crippen LogP contribution in [0.1, 0.15) is 31.7 Å². The maximum absolute atomic E-state index is 12.5. The van der Waals surface area contributed by atoms with Crippen molar-refractivity contribution < 1.29 is 18.7 Å². The lowest BCUT2D eigenvalue weighted by Gasteiger charge is -2.08. The number of unbranched alkanes of at least 4 members (excludes halogenated alkanes) is 2. The lowest BCUT2D eigenvalue weighted by Crippen LogP contribution is -2.07. The molecule has 0 aliphatic heterocycles. The molecule has 0 spiro atoms. The maximum Gasteiger partial charge on any atom is 0.344 e. The minimum atomic E-state index is -0.571. The molecule has 1 aromatic heterocycles. The number of benzene rings is 2. The Morgan fingerprint density at radius 1 is 1.10 bits per heavy atom. The third-order valence-corrected chi connectivity index (χ3v) is 4.63. The summed E-state index contributed by atoms with van der Waals surface area (Å²) < 4.78 is 15.6. The molecule has 0 radical (unpaired) electrons. The highest BCUT2D eigenvalue weighted by Gasteiger charge is 2.09. The van der Waals surface area contributed by atoms with Gasteiger partial charge in [0.05, 0.1) is 5.56 Å². The van der Waals surface area contributed by atoms with E-state index in [2.05, 4.69) is 25.6 Å². The monoisotopic (exact) mass is 392 g/mol. The molecule has 150 valence electrons. The minimum absolute atomic E-state index is 0.247. The van der Waals surface area contributed by atoms with Crippen LogP contribution >= 0.6 is 0 Å². The molecule has 2 aromatic carbocycles. The first-order valence-corrected chi connectivity index (χ1v) is 9.70. The van der Waals surface area contributed by atoms with Gasteiger partial charge in [0.2, 0.25) is 6.79 Å². The van der Waals surface area contributed by atoms with Gasteiger partial charge in [-0.15, -0.1) is 0 Å². The van der Waals surface area contributed by atoms with Crippen LogP contribution in [0.15, 0.2) is 70.4 Å². The molecule has 0 N–H and O–H groups in total. The van der Waals surface area contributed by atoms with Crippen molar-refractivity contribution >= 4 is 16.9 Å². The van der Waals surface area contributed by atoms with Crippen LogP contribution in [0.3, 0.4) is 0 Å². The van der Waals surface area contributed by atoms with Crippen molar-refractivity contribution in [3.05, 3.63) is 77.2 Å². The van der Waals surface area contributed by atoms with E-state index in [0.29, 0.717) is 16.9 Å². The lowest BCUT2D eigenvalue weighted by atomic mass is 10.0. The van der Waals surface area contributed by atoms with E-state index < -0.39 is 11.6 Å². The van der Waals surface area contributed by atoms with Gasteiger partial charge in [-0.1, -0.05) is 50.6 Å². The third kappa shape index (κ3) is 5.35. The van der Waals surface area contributed by atoms with Gasteiger partial charge in [0.1, 0.15) is 11.3 Å². The number of ether oxygens (including phenoxy) is 2. The van der Waals surface area contributed by atoms with Crippen molar-refractivity contribution in [2.24, 2.45) is 0 Å². The second-order valence-electron chi connectivity index (χ2n) is 6.73. The van der Waals surface area contributed by atoms with E-state index in [1.807, 2.05) is 18.2 Å². The van der Waals surface area contributed by atoms with Crippen LogP contribution in [0.2, 0.25) is 0 Å². The molecule has 5 heteroatoms. The molecule has 1 heterocycles. The molecule has 0 bridgehead atoms. The number of hydrogen-bond donors (Lipinski definition) is 0. The van der Waals surface area contributed by atoms with Gasteiger partial charge >= 0.3 is 11.6 Å². The summed E-state index contributed by atoms with van der Waals surface area (Å²) in [6.45, 7) is 5.25. The molecule has 29 heavy (non-hydrogen) atoms. The first-order valence-electron chi connectivity index (χ1n) is 9.70. The number of hydrogen-bond acceptors (Lipinski definition) is 5. The topological polar surface area (TPSA) is 65.7 Å². The molecule has 0 atom stereocenters. The Morgan fingerprint density at radius 3 is 2.62 bits per heavy atom. The van der Waals surface area contributed by atoms with Crippen LogP contribution in [0.25, 0.3) is 22.1 Å². The standard InChI is InChI=1S/C24H24O5/c1-3-5-6-7-17-8-10-18(11-9-17)21-14-19-12-13-20(15-22(19)29-24(21)26)27-16-28-23(25)4-2/h4,8-15H,2-3,5-7,16H2,1H3. The highest BCUT2D eigenvalue weighted by molar-refractivity contribution is 5.83. The molecule has 0 saturated carbocycles. The molecular weight excluding hydrogens is 368 g/mol.